The number of para-hydroxylation sites is 2. The molecule has 0 aliphatic heterocycles. The molecule has 0 unspecified atom stereocenters. The van der Waals surface area contributed by atoms with E-state index in [1.165, 1.54) is 22.5 Å². The number of thiazole rings is 1. The summed E-state index contributed by atoms with van der Waals surface area (Å²) in [6, 6.07) is 22.8. The van der Waals surface area contributed by atoms with Gasteiger partial charge in [-0.25, -0.2) is 4.98 Å². The van der Waals surface area contributed by atoms with Crippen LogP contribution in [0.5, 0.6) is 11.5 Å². The molecule has 0 saturated carbocycles. The first-order valence-electron chi connectivity index (χ1n) is 9.75. The second-order valence-corrected chi connectivity index (χ2v) is 7.93. The van der Waals surface area contributed by atoms with Crippen molar-refractivity contribution in [3.05, 3.63) is 94.4 Å². The Labute approximate surface area is 180 Å². The largest absolute Gasteiger partial charge is 0.496 e. The molecular formula is C25H24N2O2S. The van der Waals surface area contributed by atoms with Crippen LogP contribution in [0.4, 0.5) is 5.13 Å². The minimum Gasteiger partial charge on any atom is -0.496 e. The number of benzene rings is 3. The molecule has 0 aliphatic rings. The van der Waals surface area contributed by atoms with Crippen LogP contribution in [0.25, 0.3) is 11.3 Å². The Bertz CT molecular complexity index is 1150. The maximum Gasteiger partial charge on any atom is 0.180 e. The van der Waals surface area contributed by atoms with E-state index >= 15 is 0 Å². The lowest BCUT2D eigenvalue weighted by Gasteiger charge is -2.14. The monoisotopic (exact) mass is 416 g/mol. The van der Waals surface area contributed by atoms with Gasteiger partial charge >= 0.3 is 0 Å². The molecule has 0 amide bonds. The Hall–Kier alpha value is -3.31. The highest BCUT2D eigenvalue weighted by molar-refractivity contribution is 7.13. The van der Waals surface area contributed by atoms with Gasteiger partial charge in [-0.3, -0.25) is 0 Å². The summed E-state index contributed by atoms with van der Waals surface area (Å²) < 4.78 is 11.1. The Morgan fingerprint density at radius 2 is 1.43 bits per heavy atom. The molecule has 2 N–H and O–H groups in total. The summed E-state index contributed by atoms with van der Waals surface area (Å²) in [6.07, 6.45) is 1.54. The second-order valence-electron chi connectivity index (χ2n) is 7.04. The molecule has 1 heterocycles. The number of nitrogens with two attached hydrogens (primary N) is 1. The molecule has 0 bridgehead atoms. The van der Waals surface area contributed by atoms with Crippen LogP contribution in [-0.4, -0.2) is 19.2 Å². The Morgan fingerprint density at radius 3 is 2.03 bits per heavy atom. The molecule has 0 atom stereocenters. The molecule has 4 aromatic rings. The molecule has 3 aromatic carbocycles. The fraction of sp³-hybridized carbons (Fsp3) is 0.160. The summed E-state index contributed by atoms with van der Waals surface area (Å²) in [7, 11) is 3.41. The normalized spacial score (nSPS) is 10.7. The van der Waals surface area contributed by atoms with Gasteiger partial charge in [0.2, 0.25) is 0 Å². The van der Waals surface area contributed by atoms with Crippen LogP contribution in [0.1, 0.15) is 22.3 Å². The molecule has 4 rings (SSSR count). The fourth-order valence-corrected chi connectivity index (χ4v) is 4.22. The van der Waals surface area contributed by atoms with Crippen LogP contribution in [-0.2, 0) is 12.8 Å². The van der Waals surface area contributed by atoms with E-state index in [9.17, 15) is 0 Å². The van der Waals surface area contributed by atoms with E-state index < -0.39 is 0 Å². The molecule has 0 radical (unpaired) electrons. The summed E-state index contributed by atoms with van der Waals surface area (Å²) in [4.78, 5) is 4.55. The zero-order chi connectivity index (χ0) is 20.9. The summed E-state index contributed by atoms with van der Waals surface area (Å²) in [5.74, 6) is 1.79. The molecule has 0 saturated heterocycles. The first-order chi connectivity index (χ1) is 14.7. The predicted octanol–water partition coefficient (Wildman–Crippen LogP) is 5.59. The van der Waals surface area contributed by atoms with Gasteiger partial charge in [-0.1, -0.05) is 48.5 Å². The Morgan fingerprint density at radius 1 is 0.800 bits per heavy atom. The maximum atomic E-state index is 5.93. The first kappa shape index (κ1) is 20.0. The van der Waals surface area contributed by atoms with Crippen LogP contribution >= 0.6 is 11.3 Å². The molecule has 0 fully saturated rings. The smallest absolute Gasteiger partial charge is 0.180 e. The molecule has 0 spiro atoms. The highest BCUT2D eigenvalue weighted by Gasteiger charge is 2.13. The zero-order valence-electron chi connectivity index (χ0n) is 17.1. The van der Waals surface area contributed by atoms with Crippen molar-refractivity contribution in [2.24, 2.45) is 0 Å². The number of nitrogen functional groups attached to an aromatic ring is 1. The van der Waals surface area contributed by atoms with Crippen LogP contribution < -0.4 is 15.2 Å². The SMILES string of the molecule is COc1ccccc1Cc1ccc(Cc2ccccc2OC)c(-c2csc(N)n2)c1. The molecular weight excluding hydrogens is 392 g/mol. The van der Waals surface area contributed by atoms with E-state index in [1.807, 2.05) is 41.8 Å². The van der Waals surface area contributed by atoms with E-state index in [1.54, 1.807) is 14.2 Å². The number of aromatic nitrogens is 1. The van der Waals surface area contributed by atoms with Crippen LogP contribution in [0.3, 0.4) is 0 Å². The average molecular weight is 417 g/mol. The number of rotatable bonds is 7. The summed E-state index contributed by atoms with van der Waals surface area (Å²) in [5.41, 5.74) is 12.6. The number of anilines is 1. The third-order valence-corrected chi connectivity index (χ3v) is 5.81. The van der Waals surface area contributed by atoms with E-state index in [0.29, 0.717) is 5.13 Å². The third-order valence-electron chi connectivity index (χ3n) is 5.13. The molecule has 4 nitrogen and oxygen atoms in total. The van der Waals surface area contributed by atoms with Crippen molar-refractivity contribution < 1.29 is 9.47 Å². The highest BCUT2D eigenvalue weighted by Crippen LogP contribution is 2.32. The average Bonchev–Trinajstić information content (AvgIpc) is 3.21. The van der Waals surface area contributed by atoms with Gasteiger partial charge in [-0.15, -0.1) is 11.3 Å². The van der Waals surface area contributed by atoms with Crippen LogP contribution in [0.15, 0.2) is 72.1 Å². The second kappa shape index (κ2) is 9.01. The summed E-state index contributed by atoms with van der Waals surface area (Å²) in [6.45, 7) is 0. The van der Waals surface area contributed by atoms with Crippen LogP contribution in [0.2, 0.25) is 0 Å². The van der Waals surface area contributed by atoms with Gasteiger partial charge in [0.25, 0.3) is 0 Å². The van der Waals surface area contributed by atoms with Crippen molar-refractivity contribution in [3.63, 3.8) is 0 Å². The lowest BCUT2D eigenvalue weighted by Crippen LogP contribution is -1.99. The van der Waals surface area contributed by atoms with E-state index in [-0.39, 0.29) is 0 Å². The molecule has 5 heteroatoms. The van der Waals surface area contributed by atoms with Crippen molar-refractivity contribution in [3.8, 4) is 22.8 Å². The Kier molecular flexibility index (Phi) is 6.00. The standard InChI is InChI=1S/C25H24N2O2S/c1-28-23-9-5-3-7-19(23)13-17-11-12-18(15-20-8-4-6-10-24(20)29-2)21(14-17)22-16-30-25(26)27-22/h3-12,14,16H,13,15H2,1-2H3,(H2,26,27). The minimum atomic E-state index is 0.573. The van der Waals surface area contributed by atoms with E-state index in [4.69, 9.17) is 15.2 Å². The van der Waals surface area contributed by atoms with Gasteiger partial charge in [0.05, 0.1) is 19.9 Å². The number of hydrogen-bond acceptors (Lipinski definition) is 5. The first-order valence-corrected chi connectivity index (χ1v) is 10.6. The van der Waals surface area contributed by atoms with Crippen molar-refractivity contribution >= 4 is 16.5 Å². The van der Waals surface area contributed by atoms with Crippen molar-refractivity contribution in [1.82, 2.24) is 4.98 Å². The zero-order valence-corrected chi connectivity index (χ0v) is 17.9. The third kappa shape index (κ3) is 4.31. The number of ether oxygens (including phenoxy) is 2. The van der Waals surface area contributed by atoms with E-state index in [2.05, 4.69) is 35.3 Å². The number of hydrogen-bond donors (Lipinski definition) is 1. The molecule has 0 aliphatic carbocycles. The van der Waals surface area contributed by atoms with Gasteiger partial charge in [-0.05, 0) is 40.5 Å². The molecule has 152 valence electrons. The topological polar surface area (TPSA) is 57.4 Å². The quantitative estimate of drug-likeness (QED) is 0.427. The van der Waals surface area contributed by atoms with Gasteiger partial charge in [0.15, 0.2) is 5.13 Å². The summed E-state index contributed by atoms with van der Waals surface area (Å²) >= 11 is 1.46. The lowest BCUT2D eigenvalue weighted by atomic mass is 9.93. The van der Waals surface area contributed by atoms with Crippen molar-refractivity contribution in [2.75, 3.05) is 20.0 Å². The fourth-order valence-electron chi connectivity index (χ4n) is 3.66. The van der Waals surface area contributed by atoms with Gasteiger partial charge in [0, 0.05) is 23.8 Å². The number of nitrogens with zero attached hydrogens (tertiary/aromatic N) is 1. The van der Waals surface area contributed by atoms with Gasteiger partial charge < -0.3 is 15.2 Å². The maximum absolute atomic E-state index is 5.93. The number of methoxy groups -OCH3 is 2. The molecule has 30 heavy (non-hydrogen) atoms. The van der Waals surface area contributed by atoms with E-state index in [0.717, 1.165) is 46.7 Å². The predicted molar refractivity (Wildman–Crippen MR) is 124 cm³/mol. The molecule has 1 aromatic heterocycles. The Balaban J connectivity index is 1.73. The van der Waals surface area contributed by atoms with Gasteiger partial charge in [0.1, 0.15) is 11.5 Å². The highest BCUT2D eigenvalue weighted by atomic mass is 32.1. The van der Waals surface area contributed by atoms with Crippen LogP contribution in [0, 0.1) is 0 Å². The van der Waals surface area contributed by atoms with Crippen molar-refractivity contribution in [2.45, 2.75) is 12.8 Å². The minimum absolute atomic E-state index is 0.573. The van der Waals surface area contributed by atoms with Crippen molar-refractivity contribution in [1.29, 1.82) is 0 Å². The lowest BCUT2D eigenvalue weighted by molar-refractivity contribution is 0.410. The van der Waals surface area contributed by atoms with Gasteiger partial charge in [-0.2, -0.15) is 0 Å². The summed E-state index contributed by atoms with van der Waals surface area (Å²) in [5, 5.41) is 2.59.